The van der Waals surface area contributed by atoms with Crippen molar-refractivity contribution >= 4 is 17.2 Å². The minimum atomic E-state index is 0.0430. The largest absolute Gasteiger partial charge is 0.356 e. The number of thiophene rings is 1. The zero-order chi connectivity index (χ0) is 10.7. The molecule has 0 spiro atoms. The second kappa shape index (κ2) is 4.60. The van der Waals surface area contributed by atoms with Crippen LogP contribution in [0.4, 0.5) is 0 Å². The maximum absolute atomic E-state index is 10.8. The molecule has 1 N–H and O–H groups in total. The molecule has 1 rings (SSSR count). The van der Waals surface area contributed by atoms with Gasteiger partial charge in [-0.1, -0.05) is 6.92 Å². The lowest BCUT2D eigenvalue weighted by molar-refractivity contribution is -0.119. The number of amides is 1. The van der Waals surface area contributed by atoms with Gasteiger partial charge >= 0.3 is 0 Å². The fraction of sp³-hybridized carbons (Fsp3) is 0.545. The molecule has 0 bridgehead atoms. The standard InChI is InChI=1S/C11H17NOS/c1-7(5-12-10(4)13)11-6-14-9(3)8(11)2/h6-7H,5H2,1-4H3,(H,12,13). The molecule has 1 aromatic rings. The molecular formula is C11H17NOS. The third-order valence-corrected chi connectivity index (χ3v) is 3.54. The molecule has 78 valence electrons. The number of hydrogen-bond donors (Lipinski definition) is 1. The fourth-order valence-electron chi connectivity index (χ4n) is 1.42. The molecular weight excluding hydrogens is 194 g/mol. The van der Waals surface area contributed by atoms with Crippen molar-refractivity contribution in [1.82, 2.24) is 5.32 Å². The van der Waals surface area contributed by atoms with E-state index in [4.69, 9.17) is 0 Å². The molecule has 3 heteroatoms. The van der Waals surface area contributed by atoms with Crippen LogP contribution in [-0.4, -0.2) is 12.5 Å². The number of rotatable bonds is 3. The SMILES string of the molecule is CC(=O)NCC(C)c1csc(C)c1C. The summed E-state index contributed by atoms with van der Waals surface area (Å²) in [6.07, 6.45) is 0. The molecule has 14 heavy (non-hydrogen) atoms. The quantitative estimate of drug-likeness (QED) is 0.818. The van der Waals surface area contributed by atoms with Crippen molar-refractivity contribution in [2.24, 2.45) is 0 Å². The number of aryl methyl sites for hydroxylation is 1. The Hall–Kier alpha value is -0.830. The first-order chi connectivity index (χ1) is 6.52. The summed E-state index contributed by atoms with van der Waals surface area (Å²) in [4.78, 5) is 12.1. The van der Waals surface area contributed by atoms with Crippen LogP contribution in [0.1, 0.15) is 35.8 Å². The van der Waals surface area contributed by atoms with Crippen molar-refractivity contribution in [3.8, 4) is 0 Å². The zero-order valence-electron chi connectivity index (χ0n) is 9.18. The van der Waals surface area contributed by atoms with E-state index in [0.717, 1.165) is 6.54 Å². The van der Waals surface area contributed by atoms with E-state index in [2.05, 4.69) is 31.5 Å². The lowest BCUT2D eigenvalue weighted by Gasteiger charge is -2.11. The predicted octanol–water partition coefficient (Wildman–Crippen LogP) is 2.60. The molecule has 0 aliphatic carbocycles. The third kappa shape index (κ3) is 2.58. The highest BCUT2D eigenvalue weighted by molar-refractivity contribution is 7.10. The van der Waals surface area contributed by atoms with Crippen molar-refractivity contribution in [2.75, 3.05) is 6.54 Å². The van der Waals surface area contributed by atoms with Gasteiger partial charge in [-0.05, 0) is 36.3 Å². The zero-order valence-corrected chi connectivity index (χ0v) is 9.99. The summed E-state index contributed by atoms with van der Waals surface area (Å²) in [5.41, 5.74) is 2.73. The van der Waals surface area contributed by atoms with Crippen LogP contribution >= 0.6 is 11.3 Å². The van der Waals surface area contributed by atoms with E-state index in [-0.39, 0.29) is 5.91 Å². The van der Waals surface area contributed by atoms with E-state index in [9.17, 15) is 4.79 Å². The normalized spacial score (nSPS) is 12.6. The molecule has 0 radical (unpaired) electrons. The summed E-state index contributed by atoms with van der Waals surface area (Å²) in [7, 11) is 0. The van der Waals surface area contributed by atoms with Crippen LogP contribution in [0.15, 0.2) is 5.38 Å². The van der Waals surface area contributed by atoms with Crippen LogP contribution in [-0.2, 0) is 4.79 Å². The first-order valence-electron chi connectivity index (χ1n) is 4.81. The summed E-state index contributed by atoms with van der Waals surface area (Å²) >= 11 is 1.78. The van der Waals surface area contributed by atoms with Crippen molar-refractivity contribution in [3.05, 3.63) is 21.4 Å². The Morgan fingerprint density at radius 2 is 2.21 bits per heavy atom. The highest BCUT2D eigenvalue weighted by Crippen LogP contribution is 2.26. The van der Waals surface area contributed by atoms with Gasteiger partial charge < -0.3 is 5.32 Å². The van der Waals surface area contributed by atoms with E-state index in [1.807, 2.05) is 0 Å². The van der Waals surface area contributed by atoms with Crippen LogP contribution in [0.3, 0.4) is 0 Å². The van der Waals surface area contributed by atoms with E-state index >= 15 is 0 Å². The first-order valence-corrected chi connectivity index (χ1v) is 5.69. The molecule has 0 saturated carbocycles. The Morgan fingerprint density at radius 1 is 1.57 bits per heavy atom. The van der Waals surface area contributed by atoms with E-state index in [0.29, 0.717) is 5.92 Å². The molecule has 0 aromatic carbocycles. The van der Waals surface area contributed by atoms with Gasteiger partial charge in [-0.3, -0.25) is 4.79 Å². The maximum atomic E-state index is 10.8. The highest BCUT2D eigenvalue weighted by Gasteiger charge is 2.11. The van der Waals surface area contributed by atoms with E-state index in [1.54, 1.807) is 18.3 Å². The maximum Gasteiger partial charge on any atom is 0.216 e. The molecule has 0 saturated heterocycles. The van der Waals surface area contributed by atoms with E-state index in [1.165, 1.54) is 16.0 Å². The Balaban J connectivity index is 2.65. The van der Waals surface area contributed by atoms with Gasteiger partial charge in [-0.15, -0.1) is 11.3 Å². The van der Waals surface area contributed by atoms with Gasteiger partial charge in [-0.25, -0.2) is 0 Å². The number of hydrogen-bond acceptors (Lipinski definition) is 2. The molecule has 0 aliphatic heterocycles. The van der Waals surface area contributed by atoms with Gasteiger partial charge in [0.15, 0.2) is 0 Å². The minimum absolute atomic E-state index is 0.0430. The molecule has 0 aliphatic rings. The molecule has 1 atom stereocenters. The summed E-state index contributed by atoms with van der Waals surface area (Å²) < 4.78 is 0. The lowest BCUT2D eigenvalue weighted by Crippen LogP contribution is -2.24. The summed E-state index contributed by atoms with van der Waals surface area (Å²) in [6.45, 7) is 8.70. The van der Waals surface area contributed by atoms with Crippen LogP contribution < -0.4 is 5.32 Å². The van der Waals surface area contributed by atoms with Crippen molar-refractivity contribution in [3.63, 3.8) is 0 Å². The minimum Gasteiger partial charge on any atom is -0.356 e. The second-order valence-electron chi connectivity index (χ2n) is 3.71. The number of carbonyl (C=O) groups excluding carboxylic acids is 1. The molecule has 0 fully saturated rings. The van der Waals surface area contributed by atoms with E-state index < -0.39 is 0 Å². The Kier molecular flexibility index (Phi) is 3.69. The molecule has 2 nitrogen and oxygen atoms in total. The van der Waals surface area contributed by atoms with Gasteiger partial charge in [0, 0.05) is 18.3 Å². The molecule has 1 aromatic heterocycles. The predicted molar refractivity (Wildman–Crippen MR) is 60.9 cm³/mol. The van der Waals surface area contributed by atoms with Crippen LogP contribution in [0.5, 0.6) is 0 Å². The fourth-order valence-corrected chi connectivity index (χ4v) is 2.43. The average molecular weight is 211 g/mol. The van der Waals surface area contributed by atoms with Gasteiger partial charge in [0.2, 0.25) is 5.91 Å². The summed E-state index contributed by atoms with van der Waals surface area (Å²) in [5.74, 6) is 0.449. The number of nitrogens with one attached hydrogen (secondary N) is 1. The van der Waals surface area contributed by atoms with Gasteiger partial charge in [0.05, 0.1) is 0 Å². The summed E-state index contributed by atoms with van der Waals surface area (Å²) in [6, 6.07) is 0. The molecule has 1 heterocycles. The van der Waals surface area contributed by atoms with Gasteiger partial charge in [-0.2, -0.15) is 0 Å². The smallest absolute Gasteiger partial charge is 0.216 e. The first kappa shape index (κ1) is 11.2. The van der Waals surface area contributed by atoms with Crippen LogP contribution in [0.25, 0.3) is 0 Å². The second-order valence-corrected chi connectivity index (χ2v) is 4.79. The highest BCUT2D eigenvalue weighted by atomic mass is 32.1. The van der Waals surface area contributed by atoms with Gasteiger partial charge in [0.25, 0.3) is 0 Å². The topological polar surface area (TPSA) is 29.1 Å². The molecule has 1 unspecified atom stereocenters. The van der Waals surface area contributed by atoms with Crippen molar-refractivity contribution in [2.45, 2.75) is 33.6 Å². The monoisotopic (exact) mass is 211 g/mol. The molecule has 1 amide bonds. The Bertz CT molecular complexity index is 330. The van der Waals surface area contributed by atoms with Crippen molar-refractivity contribution in [1.29, 1.82) is 0 Å². The summed E-state index contributed by atoms with van der Waals surface area (Å²) in [5, 5.41) is 5.04. The van der Waals surface area contributed by atoms with Crippen LogP contribution in [0, 0.1) is 13.8 Å². The van der Waals surface area contributed by atoms with Gasteiger partial charge in [0.1, 0.15) is 0 Å². The Morgan fingerprint density at radius 3 is 2.64 bits per heavy atom. The number of carbonyl (C=O) groups is 1. The third-order valence-electron chi connectivity index (χ3n) is 2.51. The van der Waals surface area contributed by atoms with Crippen molar-refractivity contribution < 1.29 is 4.79 Å². The Labute approximate surface area is 89.3 Å². The van der Waals surface area contributed by atoms with Crippen LogP contribution in [0.2, 0.25) is 0 Å². The lowest BCUT2D eigenvalue weighted by atomic mass is 10.00. The average Bonchev–Trinajstić information content (AvgIpc) is 2.44.